The van der Waals surface area contributed by atoms with E-state index < -0.39 is 36.3 Å². The standard InChI is InChI=1S/C9H21N.C6H3BF4O3/c1-4-7-10(8-5-2)9-6-3;8-2-1-3(9)6(14-7(12)13)5(11)4(2)10/h4-9H2,1-3H3;1,12-13H. The molecule has 0 aliphatic heterocycles. The van der Waals surface area contributed by atoms with E-state index in [1.807, 2.05) is 0 Å². The summed E-state index contributed by atoms with van der Waals surface area (Å²) in [7, 11) is -2.52. The zero-order valence-corrected chi connectivity index (χ0v) is 14.2. The Bertz CT molecular complexity index is 478. The number of nitrogens with zero attached hydrogens (tertiary/aromatic N) is 1. The van der Waals surface area contributed by atoms with E-state index in [0.717, 1.165) is 0 Å². The molecule has 0 radical (unpaired) electrons. The quantitative estimate of drug-likeness (QED) is 0.326. The van der Waals surface area contributed by atoms with Gasteiger partial charge in [-0.3, -0.25) is 0 Å². The van der Waals surface area contributed by atoms with Crippen LogP contribution >= 0.6 is 0 Å². The minimum Gasteiger partial charge on any atom is -0.507 e. The van der Waals surface area contributed by atoms with Crippen LogP contribution in [-0.2, 0) is 0 Å². The molecule has 0 spiro atoms. The molecule has 0 aliphatic carbocycles. The van der Waals surface area contributed by atoms with Crippen molar-refractivity contribution < 1.29 is 32.3 Å². The molecule has 0 unspecified atom stereocenters. The second kappa shape index (κ2) is 12.1. The molecule has 0 amide bonds. The van der Waals surface area contributed by atoms with Crippen LogP contribution in [0, 0.1) is 23.3 Å². The minimum absolute atomic E-state index is 0.0239. The lowest BCUT2D eigenvalue weighted by Gasteiger charge is -2.19. The van der Waals surface area contributed by atoms with Crippen molar-refractivity contribution in [1.82, 2.24) is 4.90 Å². The smallest absolute Gasteiger partial charge is 0.507 e. The third kappa shape index (κ3) is 7.98. The Morgan fingerprint density at radius 2 is 1.33 bits per heavy atom. The molecule has 24 heavy (non-hydrogen) atoms. The van der Waals surface area contributed by atoms with E-state index in [1.165, 1.54) is 38.9 Å². The lowest BCUT2D eigenvalue weighted by Crippen LogP contribution is -2.25. The highest BCUT2D eigenvalue weighted by Gasteiger charge is 2.24. The third-order valence-corrected chi connectivity index (χ3v) is 2.91. The topological polar surface area (TPSA) is 52.9 Å². The summed E-state index contributed by atoms with van der Waals surface area (Å²) in [5.41, 5.74) is 0. The van der Waals surface area contributed by atoms with Crippen molar-refractivity contribution in [2.45, 2.75) is 40.0 Å². The van der Waals surface area contributed by atoms with E-state index >= 15 is 0 Å². The van der Waals surface area contributed by atoms with Gasteiger partial charge < -0.3 is 19.6 Å². The number of benzene rings is 1. The summed E-state index contributed by atoms with van der Waals surface area (Å²) >= 11 is 0. The first kappa shape index (κ1) is 22.7. The molecule has 1 rings (SSSR count). The first-order chi connectivity index (χ1) is 11.3. The van der Waals surface area contributed by atoms with Gasteiger partial charge in [-0.25, -0.2) is 13.2 Å². The van der Waals surface area contributed by atoms with Gasteiger partial charge in [0.2, 0.25) is 5.82 Å². The maximum atomic E-state index is 12.7. The molecule has 0 bridgehead atoms. The summed E-state index contributed by atoms with van der Waals surface area (Å²) in [6.07, 6.45) is 3.88. The van der Waals surface area contributed by atoms with Crippen LogP contribution in [0.2, 0.25) is 0 Å². The fourth-order valence-electron chi connectivity index (χ4n) is 2.05. The first-order valence-electron chi connectivity index (χ1n) is 7.86. The van der Waals surface area contributed by atoms with Gasteiger partial charge >= 0.3 is 7.32 Å². The molecule has 0 fully saturated rings. The SMILES string of the molecule is CCCN(CCC)CCC.OB(O)Oc1c(F)cc(F)c(F)c1F. The molecule has 4 nitrogen and oxygen atoms in total. The highest BCUT2D eigenvalue weighted by Crippen LogP contribution is 2.25. The molecule has 1 aromatic rings. The van der Waals surface area contributed by atoms with E-state index in [0.29, 0.717) is 0 Å². The van der Waals surface area contributed by atoms with Crippen LogP contribution in [0.5, 0.6) is 5.75 Å². The molecule has 0 aliphatic rings. The minimum atomic E-state index is -2.52. The Balaban J connectivity index is 0.000000470. The highest BCUT2D eigenvalue weighted by atomic mass is 19.2. The van der Waals surface area contributed by atoms with Crippen molar-refractivity contribution in [2.24, 2.45) is 0 Å². The van der Waals surface area contributed by atoms with Gasteiger partial charge in [-0.05, 0) is 38.9 Å². The molecule has 0 saturated heterocycles. The Labute approximate surface area is 140 Å². The van der Waals surface area contributed by atoms with Crippen molar-refractivity contribution in [1.29, 1.82) is 0 Å². The second-order valence-corrected chi connectivity index (χ2v) is 5.08. The van der Waals surface area contributed by atoms with Crippen LogP contribution in [0.3, 0.4) is 0 Å². The van der Waals surface area contributed by atoms with Gasteiger partial charge in [0.15, 0.2) is 23.2 Å². The van der Waals surface area contributed by atoms with Gasteiger partial charge in [-0.2, -0.15) is 4.39 Å². The van der Waals surface area contributed by atoms with E-state index in [1.54, 1.807) is 0 Å². The Kier molecular flexibility index (Phi) is 11.4. The predicted molar refractivity (Wildman–Crippen MR) is 84.4 cm³/mol. The Morgan fingerprint density at radius 3 is 1.71 bits per heavy atom. The molecule has 0 heterocycles. The molecular weight excluding hydrogens is 329 g/mol. The summed E-state index contributed by atoms with van der Waals surface area (Å²) in [6.45, 7) is 10.6. The fraction of sp³-hybridized carbons (Fsp3) is 0.600. The van der Waals surface area contributed by atoms with E-state index in [9.17, 15) is 17.6 Å². The van der Waals surface area contributed by atoms with Crippen LogP contribution in [0.25, 0.3) is 0 Å². The van der Waals surface area contributed by atoms with Crippen LogP contribution in [-0.4, -0.2) is 41.9 Å². The van der Waals surface area contributed by atoms with E-state index in [-0.39, 0.29) is 6.07 Å². The molecule has 0 atom stereocenters. The van der Waals surface area contributed by atoms with E-state index in [4.69, 9.17) is 10.0 Å². The predicted octanol–water partition coefficient (Wildman–Crippen LogP) is 3.11. The van der Waals surface area contributed by atoms with Crippen molar-refractivity contribution in [2.75, 3.05) is 19.6 Å². The monoisotopic (exact) mass is 353 g/mol. The molecular formula is C15H24BF4NO3. The first-order valence-corrected chi connectivity index (χ1v) is 7.86. The van der Waals surface area contributed by atoms with Crippen LogP contribution in [0.1, 0.15) is 40.0 Å². The molecule has 1 aromatic carbocycles. The zero-order valence-electron chi connectivity index (χ0n) is 14.2. The number of hydrogen-bond donors (Lipinski definition) is 2. The van der Waals surface area contributed by atoms with E-state index in [2.05, 4.69) is 30.3 Å². The van der Waals surface area contributed by atoms with Gasteiger partial charge in [0.25, 0.3) is 0 Å². The number of halogens is 4. The van der Waals surface area contributed by atoms with Crippen LogP contribution in [0.15, 0.2) is 6.07 Å². The van der Waals surface area contributed by atoms with Crippen molar-refractivity contribution in [3.63, 3.8) is 0 Å². The van der Waals surface area contributed by atoms with Crippen LogP contribution < -0.4 is 4.65 Å². The molecule has 2 N–H and O–H groups in total. The second-order valence-electron chi connectivity index (χ2n) is 5.08. The summed E-state index contributed by atoms with van der Waals surface area (Å²) in [4.78, 5) is 2.54. The number of hydrogen-bond acceptors (Lipinski definition) is 4. The molecule has 0 saturated carbocycles. The normalized spacial score (nSPS) is 10.4. The summed E-state index contributed by atoms with van der Waals surface area (Å²) < 4.78 is 53.9. The van der Waals surface area contributed by atoms with Crippen molar-refractivity contribution >= 4 is 7.32 Å². The average Bonchev–Trinajstić information content (AvgIpc) is 2.51. The van der Waals surface area contributed by atoms with Gasteiger partial charge in [0.1, 0.15) is 0 Å². The summed E-state index contributed by atoms with van der Waals surface area (Å²) in [6, 6.07) is 0.0239. The molecule has 138 valence electrons. The Hall–Kier alpha value is -1.32. The van der Waals surface area contributed by atoms with Gasteiger partial charge in [-0.1, -0.05) is 20.8 Å². The van der Waals surface area contributed by atoms with Gasteiger partial charge in [-0.15, -0.1) is 0 Å². The molecule has 9 heteroatoms. The maximum absolute atomic E-state index is 12.7. The summed E-state index contributed by atoms with van der Waals surface area (Å²) in [5, 5.41) is 16.4. The summed E-state index contributed by atoms with van der Waals surface area (Å²) in [5.74, 6) is -8.62. The largest absolute Gasteiger partial charge is 0.707 e. The third-order valence-electron chi connectivity index (χ3n) is 2.91. The van der Waals surface area contributed by atoms with Gasteiger partial charge in [0.05, 0.1) is 0 Å². The Morgan fingerprint density at radius 1 is 0.875 bits per heavy atom. The van der Waals surface area contributed by atoms with Crippen molar-refractivity contribution in [3.05, 3.63) is 29.3 Å². The maximum Gasteiger partial charge on any atom is 0.707 e. The van der Waals surface area contributed by atoms with Gasteiger partial charge in [0, 0.05) is 6.07 Å². The highest BCUT2D eigenvalue weighted by molar-refractivity contribution is 6.33. The zero-order chi connectivity index (χ0) is 18.7. The lowest BCUT2D eigenvalue weighted by atomic mass is 10.2. The van der Waals surface area contributed by atoms with Crippen molar-refractivity contribution in [3.8, 4) is 5.75 Å². The molecule has 0 aromatic heterocycles. The lowest BCUT2D eigenvalue weighted by molar-refractivity contribution is 0.269. The number of rotatable bonds is 8. The van der Waals surface area contributed by atoms with Crippen LogP contribution in [0.4, 0.5) is 17.6 Å². The fourth-order valence-corrected chi connectivity index (χ4v) is 2.05. The average molecular weight is 353 g/mol.